The summed E-state index contributed by atoms with van der Waals surface area (Å²) in [5.41, 5.74) is 2.96. The van der Waals surface area contributed by atoms with Crippen molar-refractivity contribution in [3.63, 3.8) is 0 Å². The van der Waals surface area contributed by atoms with Gasteiger partial charge in [0.1, 0.15) is 11.1 Å². The van der Waals surface area contributed by atoms with Crippen molar-refractivity contribution in [2.75, 3.05) is 12.3 Å². The summed E-state index contributed by atoms with van der Waals surface area (Å²) < 4.78 is 0. The van der Waals surface area contributed by atoms with E-state index >= 15 is 0 Å². The fourth-order valence-corrected chi connectivity index (χ4v) is 4.11. The van der Waals surface area contributed by atoms with Crippen LogP contribution in [0.15, 0.2) is 11.1 Å². The van der Waals surface area contributed by atoms with Gasteiger partial charge in [-0.1, -0.05) is 25.6 Å². The predicted octanol–water partition coefficient (Wildman–Crippen LogP) is 3.57. The largest absolute Gasteiger partial charge is 0.339 e. The van der Waals surface area contributed by atoms with Gasteiger partial charge < -0.3 is 4.90 Å². The highest BCUT2D eigenvalue weighted by atomic mass is 32.2. The molecule has 24 heavy (non-hydrogen) atoms. The number of nitrogens with zero attached hydrogens (tertiary/aromatic N) is 3. The van der Waals surface area contributed by atoms with Gasteiger partial charge in [0.05, 0.1) is 11.3 Å². The number of carbonyl (C=O) groups excluding carboxylic acids is 1. The van der Waals surface area contributed by atoms with Gasteiger partial charge in [0.15, 0.2) is 0 Å². The topological polar surface area (TPSA) is 57.0 Å². The van der Waals surface area contributed by atoms with Gasteiger partial charge in [-0.3, -0.25) is 4.79 Å². The lowest BCUT2D eigenvalue weighted by atomic mass is 9.95. The van der Waals surface area contributed by atoms with E-state index < -0.39 is 0 Å². The smallest absolute Gasteiger partial charge is 0.233 e. The predicted molar refractivity (Wildman–Crippen MR) is 95.9 cm³/mol. The van der Waals surface area contributed by atoms with Gasteiger partial charge in [-0.05, 0) is 56.1 Å². The summed E-state index contributed by atoms with van der Waals surface area (Å²) in [6.45, 7) is 5.12. The molecule has 5 heteroatoms. The fraction of sp³-hybridized carbons (Fsp3) is 0.632. The summed E-state index contributed by atoms with van der Waals surface area (Å²) in [7, 11) is 0. The van der Waals surface area contributed by atoms with Crippen molar-refractivity contribution >= 4 is 17.7 Å². The normalized spacial score (nSPS) is 16.6. The molecule has 0 N–H and O–H groups in total. The van der Waals surface area contributed by atoms with Gasteiger partial charge in [-0.15, -0.1) is 0 Å². The maximum absolute atomic E-state index is 12.6. The number of rotatable bonds is 6. The Bertz CT molecular complexity index is 661. The number of thioether (sulfide) groups is 1. The van der Waals surface area contributed by atoms with Gasteiger partial charge in [0.2, 0.25) is 5.91 Å². The van der Waals surface area contributed by atoms with Crippen molar-refractivity contribution < 1.29 is 4.79 Å². The molecule has 4 nitrogen and oxygen atoms in total. The highest BCUT2D eigenvalue weighted by molar-refractivity contribution is 8.00. The second-order valence-electron chi connectivity index (χ2n) is 7.23. The summed E-state index contributed by atoms with van der Waals surface area (Å²) in [6.07, 6.45) is 6.61. The van der Waals surface area contributed by atoms with Crippen LogP contribution < -0.4 is 0 Å². The Labute approximate surface area is 148 Å². The van der Waals surface area contributed by atoms with Crippen LogP contribution in [0.25, 0.3) is 0 Å². The van der Waals surface area contributed by atoms with Crippen molar-refractivity contribution in [2.24, 2.45) is 5.92 Å². The molecule has 128 valence electrons. The molecule has 1 fully saturated rings. The molecule has 1 amide bonds. The van der Waals surface area contributed by atoms with Crippen LogP contribution in [0.3, 0.4) is 0 Å². The van der Waals surface area contributed by atoms with Crippen LogP contribution in [-0.4, -0.2) is 34.1 Å². The monoisotopic (exact) mass is 343 g/mol. The van der Waals surface area contributed by atoms with Gasteiger partial charge in [-0.2, -0.15) is 5.26 Å². The Hall–Kier alpha value is -1.54. The average Bonchev–Trinajstić information content (AvgIpc) is 3.41. The number of hydrogen-bond acceptors (Lipinski definition) is 4. The van der Waals surface area contributed by atoms with Gasteiger partial charge in [-0.25, -0.2) is 4.98 Å². The van der Waals surface area contributed by atoms with Crippen molar-refractivity contribution in [3.8, 4) is 6.07 Å². The molecule has 1 aromatic rings. The molecule has 0 saturated heterocycles. The van der Waals surface area contributed by atoms with Gasteiger partial charge >= 0.3 is 0 Å². The zero-order chi connectivity index (χ0) is 17.1. The van der Waals surface area contributed by atoms with Crippen LogP contribution in [-0.2, 0) is 17.6 Å². The van der Waals surface area contributed by atoms with Crippen LogP contribution in [0.2, 0.25) is 0 Å². The highest BCUT2D eigenvalue weighted by Gasteiger charge is 2.32. The molecule has 0 aromatic carbocycles. The maximum Gasteiger partial charge on any atom is 0.233 e. The Morgan fingerprint density at radius 3 is 2.83 bits per heavy atom. The Morgan fingerprint density at radius 1 is 1.42 bits per heavy atom. The standard InChI is InChI=1S/C19H25N3OS/c1-13(2)11-22(16-7-8-16)18(23)12-24-19-15(10-20)9-14-5-3-4-6-17(14)21-19/h9,13,16H,3-8,11-12H2,1-2H3. The van der Waals surface area contributed by atoms with E-state index in [0.29, 0.717) is 23.3 Å². The summed E-state index contributed by atoms with van der Waals surface area (Å²) in [4.78, 5) is 19.4. The number of pyridine rings is 1. The van der Waals surface area contributed by atoms with E-state index in [1.807, 2.05) is 11.0 Å². The number of nitriles is 1. The van der Waals surface area contributed by atoms with E-state index in [-0.39, 0.29) is 5.91 Å². The van der Waals surface area contributed by atoms with Crippen LogP contribution in [0.1, 0.15) is 56.4 Å². The zero-order valence-electron chi connectivity index (χ0n) is 14.5. The van der Waals surface area contributed by atoms with E-state index in [1.165, 1.54) is 30.2 Å². The van der Waals surface area contributed by atoms with Crippen molar-refractivity contribution in [1.29, 1.82) is 5.26 Å². The second kappa shape index (κ2) is 7.57. The molecule has 0 atom stereocenters. The van der Waals surface area contributed by atoms with E-state index in [4.69, 9.17) is 4.98 Å². The minimum atomic E-state index is 0.180. The SMILES string of the molecule is CC(C)CN(C(=O)CSc1nc2c(cc1C#N)CCCC2)C1CC1. The number of aryl methyl sites for hydroxylation is 2. The Balaban J connectivity index is 1.69. The van der Waals surface area contributed by atoms with Gasteiger partial charge in [0.25, 0.3) is 0 Å². The Kier molecular flexibility index (Phi) is 5.45. The molecule has 0 aliphatic heterocycles. The number of fused-ring (bicyclic) bond motifs is 1. The maximum atomic E-state index is 12.6. The minimum absolute atomic E-state index is 0.180. The first-order valence-corrected chi connectivity index (χ1v) is 9.92. The lowest BCUT2D eigenvalue weighted by Crippen LogP contribution is -2.37. The highest BCUT2D eigenvalue weighted by Crippen LogP contribution is 2.30. The van der Waals surface area contributed by atoms with E-state index in [9.17, 15) is 10.1 Å². The third-order valence-electron chi connectivity index (χ3n) is 4.59. The average molecular weight is 343 g/mol. The van der Waals surface area contributed by atoms with Crippen LogP contribution >= 0.6 is 11.8 Å². The van der Waals surface area contributed by atoms with Crippen LogP contribution in [0.4, 0.5) is 0 Å². The molecule has 0 spiro atoms. The second-order valence-corrected chi connectivity index (χ2v) is 8.19. The van der Waals surface area contributed by atoms with E-state index in [0.717, 1.165) is 42.9 Å². The molecule has 1 heterocycles. The number of hydrogen-bond donors (Lipinski definition) is 0. The number of amides is 1. The molecule has 0 radical (unpaired) electrons. The third kappa shape index (κ3) is 4.10. The first-order chi connectivity index (χ1) is 11.6. The minimum Gasteiger partial charge on any atom is -0.339 e. The Morgan fingerprint density at radius 2 is 2.17 bits per heavy atom. The summed E-state index contributed by atoms with van der Waals surface area (Å²) in [6, 6.07) is 4.68. The van der Waals surface area contributed by atoms with Crippen molar-refractivity contribution in [1.82, 2.24) is 9.88 Å². The lowest BCUT2D eigenvalue weighted by Gasteiger charge is -2.24. The van der Waals surface area contributed by atoms with Crippen molar-refractivity contribution in [3.05, 3.63) is 22.9 Å². The lowest BCUT2D eigenvalue weighted by molar-refractivity contribution is -0.129. The number of aromatic nitrogens is 1. The third-order valence-corrected chi connectivity index (χ3v) is 5.56. The molecule has 2 aliphatic carbocycles. The molecule has 2 aliphatic rings. The molecule has 1 saturated carbocycles. The molecular weight excluding hydrogens is 318 g/mol. The molecule has 0 bridgehead atoms. The van der Waals surface area contributed by atoms with Crippen LogP contribution in [0, 0.1) is 17.2 Å². The summed E-state index contributed by atoms with van der Waals surface area (Å²) >= 11 is 1.43. The number of carbonyl (C=O) groups is 1. The zero-order valence-corrected chi connectivity index (χ0v) is 15.4. The summed E-state index contributed by atoms with van der Waals surface area (Å²) in [5.74, 6) is 1.04. The quantitative estimate of drug-likeness (QED) is 0.741. The van der Waals surface area contributed by atoms with Gasteiger partial charge in [0, 0.05) is 18.3 Å². The first kappa shape index (κ1) is 17.3. The molecule has 0 unspecified atom stereocenters. The molecule has 3 rings (SSSR count). The fourth-order valence-electron chi connectivity index (χ4n) is 3.25. The molecule has 1 aromatic heterocycles. The van der Waals surface area contributed by atoms with E-state index in [1.54, 1.807) is 0 Å². The summed E-state index contributed by atoms with van der Waals surface area (Å²) in [5, 5.41) is 10.1. The van der Waals surface area contributed by atoms with E-state index in [2.05, 4.69) is 19.9 Å². The van der Waals surface area contributed by atoms with Crippen molar-refractivity contribution in [2.45, 2.75) is 63.4 Å². The molecular formula is C19H25N3OS. The first-order valence-electron chi connectivity index (χ1n) is 8.93. The van der Waals surface area contributed by atoms with Crippen LogP contribution in [0.5, 0.6) is 0 Å².